The van der Waals surface area contributed by atoms with E-state index in [0.717, 1.165) is 29.0 Å². The smallest absolute Gasteiger partial charge is 0.289 e. The van der Waals surface area contributed by atoms with Gasteiger partial charge in [0.25, 0.3) is 5.91 Å². The molecule has 1 aromatic heterocycles. The van der Waals surface area contributed by atoms with Crippen LogP contribution in [0.2, 0.25) is 0 Å². The molecule has 3 rings (SSSR count). The zero-order valence-corrected chi connectivity index (χ0v) is 17.2. The molecule has 150 valence electrons. The Morgan fingerprint density at radius 2 is 1.83 bits per heavy atom. The lowest BCUT2D eigenvalue weighted by molar-refractivity contribution is 0.0950. The van der Waals surface area contributed by atoms with E-state index in [4.69, 9.17) is 4.74 Å². The summed E-state index contributed by atoms with van der Waals surface area (Å²) in [5.41, 5.74) is 7.50. The summed E-state index contributed by atoms with van der Waals surface area (Å²) in [6.07, 6.45) is 1.04. The molecule has 0 atom stereocenters. The third kappa shape index (κ3) is 5.31. The number of methoxy groups -OCH3 is 1. The van der Waals surface area contributed by atoms with Crippen LogP contribution in [0.3, 0.4) is 0 Å². The molecule has 29 heavy (non-hydrogen) atoms. The van der Waals surface area contributed by atoms with Crippen molar-refractivity contribution < 1.29 is 9.53 Å². The fourth-order valence-corrected chi connectivity index (χ4v) is 2.96. The number of nitrogens with zero attached hydrogens (tertiary/aromatic N) is 2. The molecule has 3 aromatic rings. The Morgan fingerprint density at radius 3 is 2.45 bits per heavy atom. The first-order valence-corrected chi connectivity index (χ1v) is 9.60. The van der Waals surface area contributed by atoms with E-state index in [-0.39, 0.29) is 5.91 Å². The van der Waals surface area contributed by atoms with E-state index in [0.29, 0.717) is 17.3 Å². The van der Waals surface area contributed by atoms with Gasteiger partial charge in [-0.1, -0.05) is 38.1 Å². The summed E-state index contributed by atoms with van der Waals surface area (Å²) in [5.74, 6) is 1.05. The monoisotopic (exact) mass is 390 g/mol. The van der Waals surface area contributed by atoms with Gasteiger partial charge in [0.2, 0.25) is 0 Å². The van der Waals surface area contributed by atoms with Gasteiger partial charge >= 0.3 is 0 Å². The topological polar surface area (TPSA) is 79.4 Å². The molecule has 0 spiro atoms. The fraction of sp³-hybridized carbons (Fsp3) is 0.261. The van der Waals surface area contributed by atoms with E-state index >= 15 is 0 Å². The van der Waals surface area contributed by atoms with Crippen molar-refractivity contribution in [3.63, 3.8) is 0 Å². The highest BCUT2D eigenvalue weighted by Gasteiger charge is 2.11. The Hall–Kier alpha value is -3.41. The molecule has 0 bridgehead atoms. The number of aromatic nitrogens is 2. The molecule has 0 radical (unpaired) electrons. The number of ether oxygens (including phenoxy) is 1. The molecule has 0 aliphatic heterocycles. The predicted molar refractivity (Wildman–Crippen MR) is 115 cm³/mol. The maximum Gasteiger partial charge on any atom is 0.289 e. The maximum atomic E-state index is 12.4. The molecule has 0 saturated carbocycles. The second-order valence-corrected chi connectivity index (χ2v) is 7.33. The van der Waals surface area contributed by atoms with Crippen LogP contribution in [0.15, 0.2) is 59.7 Å². The molecule has 0 aliphatic carbocycles. The minimum Gasteiger partial charge on any atom is -0.497 e. The number of hydrazone groups is 1. The van der Waals surface area contributed by atoms with Crippen molar-refractivity contribution in [1.82, 2.24) is 15.6 Å². The van der Waals surface area contributed by atoms with Crippen LogP contribution in [0.1, 0.15) is 42.4 Å². The number of hydrogen-bond donors (Lipinski definition) is 2. The number of amides is 1. The zero-order valence-electron chi connectivity index (χ0n) is 17.2. The van der Waals surface area contributed by atoms with E-state index in [9.17, 15) is 4.79 Å². The normalized spacial score (nSPS) is 11.6. The van der Waals surface area contributed by atoms with E-state index < -0.39 is 0 Å². The van der Waals surface area contributed by atoms with E-state index in [1.54, 1.807) is 13.2 Å². The summed E-state index contributed by atoms with van der Waals surface area (Å²) in [4.78, 5) is 12.4. The minimum atomic E-state index is -0.340. The van der Waals surface area contributed by atoms with Crippen LogP contribution >= 0.6 is 0 Å². The lowest BCUT2D eigenvalue weighted by Gasteiger charge is -2.05. The predicted octanol–water partition coefficient (Wildman–Crippen LogP) is 4.44. The lowest BCUT2D eigenvalue weighted by Crippen LogP contribution is -2.19. The van der Waals surface area contributed by atoms with Crippen LogP contribution < -0.4 is 10.2 Å². The summed E-state index contributed by atoms with van der Waals surface area (Å²) in [5, 5.41) is 11.2. The highest BCUT2D eigenvalue weighted by atomic mass is 16.5. The fourth-order valence-electron chi connectivity index (χ4n) is 2.96. The molecule has 0 fully saturated rings. The average Bonchev–Trinajstić information content (AvgIpc) is 3.22. The highest BCUT2D eigenvalue weighted by molar-refractivity contribution is 6.00. The van der Waals surface area contributed by atoms with Gasteiger partial charge in [-0.15, -0.1) is 0 Å². The van der Waals surface area contributed by atoms with E-state index in [1.807, 2.05) is 43.3 Å². The van der Waals surface area contributed by atoms with Crippen LogP contribution in [-0.4, -0.2) is 28.9 Å². The molecule has 0 saturated heterocycles. The third-order valence-electron chi connectivity index (χ3n) is 4.55. The van der Waals surface area contributed by atoms with Crippen LogP contribution in [0.25, 0.3) is 11.3 Å². The van der Waals surface area contributed by atoms with Gasteiger partial charge in [0, 0.05) is 5.56 Å². The molecule has 2 aromatic carbocycles. The zero-order chi connectivity index (χ0) is 20.8. The number of aromatic amines is 1. The van der Waals surface area contributed by atoms with Gasteiger partial charge in [-0.05, 0) is 60.7 Å². The van der Waals surface area contributed by atoms with E-state index in [2.05, 4.69) is 46.7 Å². The van der Waals surface area contributed by atoms with Crippen molar-refractivity contribution >= 4 is 11.6 Å². The van der Waals surface area contributed by atoms with Gasteiger partial charge in [0.15, 0.2) is 0 Å². The van der Waals surface area contributed by atoms with Gasteiger partial charge < -0.3 is 4.74 Å². The molecule has 6 nitrogen and oxygen atoms in total. The Bertz CT molecular complexity index is 986. The quantitative estimate of drug-likeness (QED) is 0.462. The molecule has 1 heterocycles. The Kier molecular flexibility index (Phi) is 6.44. The SMILES string of the molecule is COc1ccc(/C(C)=N/NC(=O)c2cc(-c3ccc(CC(C)C)cc3)n[nH]2)cc1. The molecule has 0 aliphatic rings. The Labute approximate surface area is 171 Å². The van der Waals surface area contributed by atoms with Crippen molar-refractivity contribution in [1.29, 1.82) is 0 Å². The molecular formula is C23H26N4O2. The lowest BCUT2D eigenvalue weighted by atomic mass is 10.0. The highest BCUT2D eigenvalue weighted by Crippen LogP contribution is 2.19. The number of carbonyl (C=O) groups is 1. The van der Waals surface area contributed by atoms with Crippen molar-refractivity contribution in [2.45, 2.75) is 27.2 Å². The molecule has 1 amide bonds. The third-order valence-corrected chi connectivity index (χ3v) is 4.55. The van der Waals surface area contributed by atoms with Gasteiger partial charge in [-0.25, -0.2) is 5.43 Å². The first-order chi connectivity index (χ1) is 14.0. The summed E-state index contributed by atoms with van der Waals surface area (Å²) in [6.45, 7) is 6.23. The van der Waals surface area contributed by atoms with Gasteiger partial charge in [-0.3, -0.25) is 9.89 Å². The molecular weight excluding hydrogens is 364 g/mol. The van der Waals surface area contributed by atoms with Crippen LogP contribution in [0.5, 0.6) is 5.75 Å². The van der Waals surface area contributed by atoms with Crippen LogP contribution in [0, 0.1) is 5.92 Å². The number of nitrogens with one attached hydrogen (secondary N) is 2. The van der Waals surface area contributed by atoms with Crippen LogP contribution in [-0.2, 0) is 6.42 Å². The second-order valence-electron chi connectivity index (χ2n) is 7.33. The molecule has 6 heteroatoms. The maximum absolute atomic E-state index is 12.4. The average molecular weight is 390 g/mol. The number of H-pyrrole nitrogens is 1. The Balaban J connectivity index is 1.65. The molecule has 0 unspecified atom stereocenters. The van der Waals surface area contributed by atoms with Gasteiger partial charge in [0.1, 0.15) is 11.4 Å². The van der Waals surface area contributed by atoms with Crippen molar-refractivity contribution in [2.75, 3.05) is 7.11 Å². The Morgan fingerprint density at radius 1 is 1.14 bits per heavy atom. The standard InChI is InChI=1S/C23H26N4O2/c1-15(2)13-17-5-7-19(8-6-17)21-14-22(26-25-21)23(28)27-24-16(3)18-9-11-20(29-4)12-10-18/h5-12,14-15H,13H2,1-4H3,(H,25,26)(H,27,28)/b24-16+. The van der Waals surface area contributed by atoms with E-state index in [1.165, 1.54) is 5.56 Å². The molecule has 2 N–H and O–H groups in total. The summed E-state index contributed by atoms with van der Waals surface area (Å²) < 4.78 is 5.15. The van der Waals surface area contributed by atoms with Crippen LogP contribution in [0.4, 0.5) is 0 Å². The number of benzene rings is 2. The van der Waals surface area contributed by atoms with Gasteiger partial charge in [0.05, 0.1) is 18.5 Å². The second kappa shape index (κ2) is 9.19. The van der Waals surface area contributed by atoms with Crippen molar-refractivity contribution in [3.05, 3.63) is 71.4 Å². The van der Waals surface area contributed by atoms with Crippen molar-refractivity contribution in [2.24, 2.45) is 11.0 Å². The number of rotatable bonds is 7. The first kappa shape index (κ1) is 20.3. The largest absolute Gasteiger partial charge is 0.497 e. The first-order valence-electron chi connectivity index (χ1n) is 9.60. The van der Waals surface area contributed by atoms with Gasteiger partial charge in [-0.2, -0.15) is 10.2 Å². The minimum absolute atomic E-state index is 0.340. The van der Waals surface area contributed by atoms with Crippen molar-refractivity contribution in [3.8, 4) is 17.0 Å². The summed E-state index contributed by atoms with van der Waals surface area (Å²) in [7, 11) is 1.62. The number of carbonyl (C=O) groups excluding carboxylic acids is 1. The summed E-state index contributed by atoms with van der Waals surface area (Å²) >= 11 is 0. The summed E-state index contributed by atoms with van der Waals surface area (Å²) in [6, 6.07) is 17.5. The number of hydrogen-bond acceptors (Lipinski definition) is 4.